The summed E-state index contributed by atoms with van der Waals surface area (Å²) in [7, 11) is 0. The molecule has 0 bridgehead atoms. The molecule has 1 heterocycles. The Hall–Kier alpha value is -2.14. The number of carbonyl (C=O) groups is 3. The normalized spacial score (nSPS) is 24.4. The number of alkyl halides is 3. The Labute approximate surface area is 154 Å². The lowest BCUT2D eigenvalue weighted by Gasteiger charge is -2.33. The molecule has 0 aromatic rings. The zero-order chi connectivity index (χ0) is 21.5. The highest BCUT2D eigenvalue weighted by Crippen LogP contribution is 2.27. The minimum absolute atomic E-state index is 0.0528. The summed E-state index contributed by atoms with van der Waals surface area (Å²) in [6, 6.07) is -1.56. The minimum atomic E-state index is -5.08. The van der Waals surface area contributed by atoms with Crippen LogP contribution in [0.2, 0.25) is 0 Å². The first-order chi connectivity index (χ1) is 12.2. The molecule has 8 nitrogen and oxygen atoms in total. The van der Waals surface area contributed by atoms with E-state index in [2.05, 4.69) is 17.2 Å². The molecule has 0 aromatic heterocycles. The summed E-state index contributed by atoms with van der Waals surface area (Å²) in [5, 5.41) is 32.3. The predicted molar refractivity (Wildman–Crippen MR) is 88.8 cm³/mol. The van der Waals surface area contributed by atoms with E-state index in [1.54, 1.807) is 6.08 Å². The number of aliphatic carboxylic acids is 2. The van der Waals surface area contributed by atoms with Crippen molar-refractivity contribution in [2.75, 3.05) is 0 Å². The zero-order valence-corrected chi connectivity index (χ0v) is 15.2. The van der Waals surface area contributed by atoms with Gasteiger partial charge in [-0.15, -0.1) is 6.58 Å². The molecular formula is C16H25F3N2O6. The van der Waals surface area contributed by atoms with Gasteiger partial charge in [0.15, 0.2) is 0 Å². The van der Waals surface area contributed by atoms with Gasteiger partial charge in [0, 0.05) is 13.0 Å². The first-order valence-electron chi connectivity index (χ1n) is 8.09. The Balaban J connectivity index is 0.000000821. The monoisotopic (exact) mass is 398 g/mol. The molecule has 5 atom stereocenters. The van der Waals surface area contributed by atoms with Gasteiger partial charge >= 0.3 is 18.1 Å². The molecule has 11 heteroatoms. The van der Waals surface area contributed by atoms with Gasteiger partial charge in [0.25, 0.3) is 0 Å². The van der Waals surface area contributed by atoms with Crippen LogP contribution in [0.3, 0.4) is 0 Å². The SMILES string of the molecule is C=C[C@@H]1C[C@H](C(=O)O)N[C@H]1[C@@H](NC(C)=O)[C@@H](O)C(C)C.O=C(O)C(F)(F)F. The number of carbonyl (C=O) groups excluding carboxylic acids is 1. The largest absolute Gasteiger partial charge is 0.490 e. The smallest absolute Gasteiger partial charge is 0.480 e. The second-order valence-corrected chi connectivity index (χ2v) is 6.48. The maximum Gasteiger partial charge on any atom is 0.490 e. The van der Waals surface area contributed by atoms with E-state index in [1.165, 1.54) is 6.92 Å². The van der Waals surface area contributed by atoms with Crippen LogP contribution in [0.4, 0.5) is 13.2 Å². The van der Waals surface area contributed by atoms with Gasteiger partial charge < -0.3 is 20.6 Å². The molecular weight excluding hydrogens is 373 g/mol. The second-order valence-electron chi connectivity index (χ2n) is 6.48. The first-order valence-corrected chi connectivity index (χ1v) is 8.09. The van der Waals surface area contributed by atoms with Crippen molar-refractivity contribution >= 4 is 17.8 Å². The number of amides is 1. The molecule has 156 valence electrons. The van der Waals surface area contributed by atoms with Crippen LogP contribution >= 0.6 is 0 Å². The highest BCUT2D eigenvalue weighted by atomic mass is 19.4. The number of carboxylic acids is 2. The Kier molecular flexibility index (Phi) is 9.45. The lowest BCUT2D eigenvalue weighted by atomic mass is 9.87. The molecule has 1 aliphatic rings. The molecule has 1 amide bonds. The van der Waals surface area contributed by atoms with E-state index in [9.17, 15) is 27.9 Å². The van der Waals surface area contributed by atoms with Gasteiger partial charge in [-0.3, -0.25) is 14.9 Å². The quantitative estimate of drug-likeness (QED) is 0.417. The third-order valence-electron chi connectivity index (χ3n) is 4.01. The molecule has 1 fully saturated rings. The maximum atomic E-state index is 11.4. The minimum Gasteiger partial charge on any atom is -0.480 e. The van der Waals surface area contributed by atoms with Crippen molar-refractivity contribution in [1.29, 1.82) is 0 Å². The van der Waals surface area contributed by atoms with Crippen molar-refractivity contribution in [2.45, 2.75) is 57.6 Å². The van der Waals surface area contributed by atoms with Crippen LogP contribution in [-0.2, 0) is 14.4 Å². The molecule has 0 aliphatic carbocycles. The van der Waals surface area contributed by atoms with E-state index < -0.39 is 36.3 Å². The van der Waals surface area contributed by atoms with Crippen LogP contribution in [0, 0.1) is 11.8 Å². The zero-order valence-electron chi connectivity index (χ0n) is 15.2. The van der Waals surface area contributed by atoms with Gasteiger partial charge in [-0.2, -0.15) is 13.2 Å². The highest BCUT2D eigenvalue weighted by molar-refractivity contribution is 5.75. The van der Waals surface area contributed by atoms with Gasteiger partial charge in [-0.1, -0.05) is 19.9 Å². The third-order valence-corrected chi connectivity index (χ3v) is 4.01. The first kappa shape index (κ1) is 24.9. The standard InChI is InChI=1S/C14H24N2O4.C2HF3O2/c1-5-9-6-10(14(19)20)16-11(9)12(15-8(4)17)13(18)7(2)3;3-2(4,5)1(6)7/h5,7,9-13,16,18H,1,6H2,2-4H3,(H,15,17)(H,19,20);(H,6,7)/t9-,10-,11-,12-,13+;/m1./s1. The summed E-state index contributed by atoms with van der Waals surface area (Å²) in [6.07, 6.45) is -3.75. The predicted octanol–water partition coefficient (Wildman–Crippen LogP) is 0.759. The average molecular weight is 398 g/mol. The van der Waals surface area contributed by atoms with Gasteiger partial charge in [0.05, 0.1) is 12.1 Å². The van der Waals surface area contributed by atoms with Crippen molar-refractivity contribution in [3.8, 4) is 0 Å². The van der Waals surface area contributed by atoms with E-state index in [-0.39, 0.29) is 23.8 Å². The lowest BCUT2D eigenvalue weighted by Crippen LogP contribution is -2.57. The average Bonchev–Trinajstić information content (AvgIpc) is 2.95. The fraction of sp³-hybridized carbons (Fsp3) is 0.688. The van der Waals surface area contributed by atoms with Gasteiger partial charge in [0.1, 0.15) is 6.04 Å². The maximum absolute atomic E-state index is 11.4. The number of halogens is 3. The van der Waals surface area contributed by atoms with Crippen LogP contribution in [-0.4, -0.2) is 63.6 Å². The Bertz CT molecular complexity index is 553. The van der Waals surface area contributed by atoms with Gasteiger partial charge in [-0.25, -0.2) is 4.79 Å². The summed E-state index contributed by atoms with van der Waals surface area (Å²) in [6.45, 7) is 8.81. The number of hydrogen-bond acceptors (Lipinski definition) is 5. The number of carboxylic acid groups (broad SMARTS) is 2. The van der Waals surface area contributed by atoms with E-state index in [4.69, 9.17) is 15.0 Å². The molecule has 1 aliphatic heterocycles. The Morgan fingerprint density at radius 1 is 1.26 bits per heavy atom. The van der Waals surface area contributed by atoms with Gasteiger partial charge in [0.2, 0.25) is 5.91 Å². The molecule has 0 radical (unpaired) electrons. The molecule has 0 saturated carbocycles. The number of aliphatic hydroxyl groups is 1. The second kappa shape index (κ2) is 10.3. The summed E-state index contributed by atoms with van der Waals surface area (Å²) >= 11 is 0. The molecule has 0 spiro atoms. The number of aliphatic hydroxyl groups excluding tert-OH is 1. The van der Waals surface area contributed by atoms with E-state index in [0.717, 1.165) is 0 Å². The van der Waals surface area contributed by atoms with Gasteiger partial charge in [-0.05, 0) is 18.3 Å². The van der Waals surface area contributed by atoms with E-state index in [0.29, 0.717) is 6.42 Å². The lowest BCUT2D eigenvalue weighted by molar-refractivity contribution is -0.192. The number of rotatable bonds is 6. The van der Waals surface area contributed by atoms with Crippen LogP contribution in [0.1, 0.15) is 27.2 Å². The van der Waals surface area contributed by atoms with Crippen molar-refractivity contribution in [3.63, 3.8) is 0 Å². The fourth-order valence-corrected chi connectivity index (χ4v) is 2.66. The summed E-state index contributed by atoms with van der Waals surface area (Å²) in [5.74, 6) is -4.10. The van der Waals surface area contributed by atoms with Crippen LogP contribution < -0.4 is 10.6 Å². The van der Waals surface area contributed by atoms with Crippen molar-refractivity contribution < 1.29 is 42.9 Å². The number of nitrogens with one attached hydrogen (secondary N) is 2. The van der Waals surface area contributed by atoms with E-state index >= 15 is 0 Å². The molecule has 5 N–H and O–H groups in total. The van der Waals surface area contributed by atoms with Crippen LogP contribution in [0.15, 0.2) is 12.7 Å². The van der Waals surface area contributed by atoms with E-state index in [1.807, 2.05) is 13.8 Å². The van der Waals surface area contributed by atoms with Crippen molar-refractivity contribution in [3.05, 3.63) is 12.7 Å². The highest BCUT2D eigenvalue weighted by Gasteiger charge is 2.43. The van der Waals surface area contributed by atoms with Crippen LogP contribution in [0.5, 0.6) is 0 Å². The topological polar surface area (TPSA) is 136 Å². The summed E-state index contributed by atoms with van der Waals surface area (Å²) < 4.78 is 31.7. The Morgan fingerprint density at radius 2 is 1.74 bits per heavy atom. The molecule has 27 heavy (non-hydrogen) atoms. The molecule has 0 unspecified atom stereocenters. The molecule has 1 rings (SSSR count). The Morgan fingerprint density at radius 3 is 2.04 bits per heavy atom. The van der Waals surface area contributed by atoms with Crippen LogP contribution in [0.25, 0.3) is 0 Å². The third kappa shape index (κ3) is 7.95. The number of hydrogen-bond donors (Lipinski definition) is 5. The summed E-state index contributed by atoms with van der Waals surface area (Å²) in [4.78, 5) is 31.4. The fourth-order valence-electron chi connectivity index (χ4n) is 2.66. The molecule has 0 aromatic carbocycles. The summed E-state index contributed by atoms with van der Waals surface area (Å²) in [5.41, 5.74) is 0. The molecule has 1 saturated heterocycles. The van der Waals surface area contributed by atoms with Crippen molar-refractivity contribution in [1.82, 2.24) is 10.6 Å². The van der Waals surface area contributed by atoms with Crippen molar-refractivity contribution in [2.24, 2.45) is 11.8 Å².